The quantitative estimate of drug-likeness (QED) is 0.377. The molecule has 0 fully saturated rings. The van der Waals surface area contributed by atoms with E-state index < -0.39 is 17.3 Å². The lowest BCUT2D eigenvalue weighted by Crippen LogP contribution is -2.26. The van der Waals surface area contributed by atoms with Gasteiger partial charge in [-0.25, -0.2) is 4.98 Å². The van der Waals surface area contributed by atoms with Crippen LogP contribution in [-0.4, -0.2) is 26.1 Å². The lowest BCUT2D eigenvalue weighted by atomic mass is 10.1. The zero-order valence-electron chi connectivity index (χ0n) is 17.8. The number of rotatable bonds is 5. The molecule has 9 nitrogen and oxygen atoms in total. The smallest absolute Gasteiger partial charge is 0.382 e. The monoisotopic (exact) mass is 500 g/mol. The van der Waals surface area contributed by atoms with Gasteiger partial charge in [0.05, 0.1) is 27.2 Å². The lowest BCUT2D eigenvalue weighted by molar-refractivity contribution is -0.137. The number of hydrogen-bond donors (Lipinski definition) is 3. The maximum Gasteiger partial charge on any atom is 0.416 e. The number of nitrogen functional groups attached to an aromatic ring is 2. The largest absolute Gasteiger partial charge is 0.416 e. The molecule has 0 amide bonds. The summed E-state index contributed by atoms with van der Waals surface area (Å²) in [5, 5.41) is 12.4. The van der Waals surface area contributed by atoms with Gasteiger partial charge >= 0.3 is 6.18 Å². The van der Waals surface area contributed by atoms with Crippen molar-refractivity contribution in [2.45, 2.75) is 12.6 Å². The Morgan fingerprint density at radius 1 is 1.11 bits per heavy atom. The summed E-state index contributed by atoms with van der Waals surface area (Å²) in [6.45, 7) is 0.0854. The molecular formula is C22H16ClF3N8O. The van der Waals surface area contributed by atoms with Gasteiger partial charge in [0.2, 0.25) is 5.95 Å². The van der Waals surface area contributed by atoms with Gasteiger partial charge in [-0.3, -0.25) is 9.36 Å². The highest BCUT2D eigenvalue weighted by atomic mass is 35.5. The highest BCUT2D eigenvalue weighted by molar-refractivity contribution is 6.35. The minimum Gasteiger partial charge on any atom is -0.382 e. The van der Waals surface area contributed by atoms with Crippen LogP contribution in [0.3, 0.4) is 0 Å². The lowest BCUT2D eigenvalue weighted by Gasteiger charge is -2.16. The van der Waals surface area contributed by atoms with Gasteiger partial charge in [0.1, 0.15) is 23.3 Å². The standard InChI is InChI=1S/C22H16ClF3N8O/c23-14-5-2-6-15-17(14)20(35)34(12-4-1-3-11(9-12)22(24,25)26)16(31-15)7-8-30-19-13(10-27)18(28)32-21(29)33-19/h1-6,9H,7-8H2,(H5,28,29,30,32,33). The third-order valence-corrected chi connectivity index (χ3v) is 5.37. The molecule has 0 unspecified atom stereocenters. The van der Waals surface area contributed by atoms with E-state index in [1.165, 1.54) is 18.2 Å². The van der Waals surface area contributed by atoms with Crippen molar-refractivity contribution in [3.8, 4) is 11.8 Å². The number of aromatic nitrogens is 4. The number of fused-ring (bicyclic) bond motifs is 1. The Morgan fingerprint density at radius 3 is 2.57 bits per heavy atom. The Balaban J connectivity index is 1.80. The van der Waals surface area contributed by atoms with E-state index in [9.17, 15) is 23.2 Å². The van der Waals surface area contributed by atoms with Gasteiger partial charge in [-0.1, -0.05) is 23.7 Å². The predicted octanol–water partition coefficient (Wildman–Crippen LogP) is 3.54. The van der Waals surface area contributed by atoms with E-state index in [2.05, 4.69) is 20.3 Å². The topological polar surface area (TPSA) is 149 Å². The van der Waals surface area contributed by atoms with Crippen molar-refractivity contribution in [2.24, 2.45) is 0 Å². The molecule has 0 aliphatic rings. The molecule has 0 atom stereocenters. The van der Waals surface area contributed by atoms with Crippen molar-refractivity contribution >= 4 is 40.1 Å². The normalized spacial score (nSPS) is 11.4. The van der Waals surface area contributed by atoms with Crippen LogP contribution in [0, 0.1) is 11.3 Å². The van der Waals surface area contributed by atoms with Crippen molar-refractivity contribution in [2.75, 3.05) is 23.3 Å². The van der Waals surface area contributed by atoms with E-state index in [1.807, 2.05) is 6.07 Å². The summed E-state index contributed by atoms with van der Waals surface area (Å²) < 4.78 is 41.1. The van der Waals surface area contributed by atoms with Gasteiger partial charge < -0.3 is 16.8 Å². The van der Waals surface area contributed by atoms with Crippen LogP contribution in [0.4, 0.5) is 30.8 Å². The minimum atomic E-state index is -4.61. The maximum absolute atomic E-state index is 13.4. The van der Waals surface area contributed by atoms with Crippen LogP contribution >= 0.6 is 11.6 Å². The van der Waals surface area contributed by atoms with Crippen LogP contribution in [0.1, 0.15) is 17.0 Å². The van der Waals surface area contributed by atoms with Crippen molar-refractivity contribution in [1.82, 2.24) is 19.5 Å². The zero-order valence-corrected chi connectivity index (χ0v) is 18.5. The number of nitrogens with two attached hydrogens (primary N) is 2. The van der Waals surface area contributed by atoms with Crippen LogP contribution < -0.4 is 22.3 Å². The maximum atomic E-state index is 13.4. The number of nitriles is 1. The van der Waals surface area contributed by atoms with Gasteiger partial charge in [0.25, 0.3) is 5.56 Å². The first-order valence-corrected chi connectivity index (χ1v) is 10.4. The molecule has 2 heterocycles. The second-order valence-electron chi connectivity index (χ2n) is 7.33. The first kappa shape index (κ1) is 23.8. The summed E-state index contributed by atoms with van der Waals surface area (Å²) in [7, 11) is 0. The van der Waals surface area contributed by atoms with E-state index in [0.29, 0.717) is 0 Å². The van der Waals surface area contributed by atoms with Crippen molar-refractivity contribution in [1.29, 1.82) is 5.26 Å². The van der Waals surface area contributed by atoms with Gasteiger partial charge in [0, 0.05) is 13.0 Å². The molecule has 13 heteroatoms. The van der Waals surface area contributed by atoms with Crippen molar-refractivity contribution in [3.05, 3.63) is 74.8 Å². The summed E-state index contributed by atoms with van der Waals surface area (Å²) in [5.41, 5.74) is 10.0. The Morgan fingerprint density at radius 2 is 1.86 bits per heavy atom. The minimum absolute atomic E-state index is 0.0206. The summed E-state index contributed by atoms with van der Waals surface area (Å²) in [4.78, 5) is 25.6. The third-order valence-electron chi connectivity index (χ3n) is 5.06. The van der Waals surface area contributed by atoms with Crippen LogP contribution in [-0.2, 0) is 12.6 Å². The third kappa shape index (κ3) is 4.67. The van der Waals surface area contributed by atoms with Gasteiger partial charge in [-0.15, -0.1) is 0 Å². The number of halogens is 4. The molecule has 2 aromatic heterocycles. The molecule has 35 heavy (non-hydrogen) atoms. The number of benzene rings is 2. The molecule has 0 saturated carbocycles. The molecule has 2 aromatic carbocycles. The van der Waals surface area contributed by atoms with E-state index >= 15 is 0 Å². The molecule has 178 valence electrons. The molecule has 0 spiro atoms. The van der Waals surface area contributed by atoms with E-state index in [-0.39, 0.29) is 63.6 Å². The molecule has 0 aliphatic heterocycles. The fraction of sp³-hybridized carbons (Fsp3) is 0.136. The van der Waals surface area contributed by atoms with Gasteiger partial charge in [-0.2, -0.15) is 28.4 Å². The Bertz CT molecular complexity index is 1550. The molecule has 5 N–H and O–H groups in total. The molecule has 4 aromatic rings. The molecule has 4 rings (SSSR count). The fourth-order valence-corrected chi connectivity index (χ4v) is 3.77. The first-order valence-electron chi connectivity index (χ1n) is 10.0. The summed E-state index contributed by atoms with van der Waals surface area (Å²) in [5.74, 6) is -0.0235. The fourth-order valence-electron chi connectivity index (χ4n) is 3.52. The van der Waals surface area contributed by atoms with Crippen molar-refractivity contribution in [3.63, 3.8) is 0 Å². The van der Waals surface area contributed by atoms with Crippen LogP contribution in [0.25, 0.3) is 16.6 Å². The second-order valence-corrected chi connectivity index (χ2v) is 7.74. The number of nitrogens with zero attached hydrogens (tertiary/aromatic N) is 5. The Hall–Kier alpha value is -4.37. The summed E-state index contributed by atoms with van der Waals surface area (Å²) >= 11 is 6.21. The Kier molecular flexibility index (Phi) is 6.19. The van der Waals surface area contributed by atoms with Gasteiger partial charge in [-0.05, 0) is 30.3 Å². The SMILES string of the molecule is N#Cc1c(N)nc(N)nc1NCCc1nc2cccc(Cl)c2c(=O)n1-c1cccc(C(F)(F)F)c1. The first-order chi connectivity index (χ1) is 16.6. The van der Waals surface area contributed by atoms with E-state index in [0.717, 1.165) is 16.7 Å². The van der Waals surface area contributed by atoms with Crippen LogP contribution in [0.5, 0.6) is 0 Å². The zero-order chi connectivity index (χ0) is 25.3. The average molecular weight is 501 g/mol. The molecule has 0 bridgehead atoms. The number of anilines is 3. The number of alkyl halides is 3. The van der Waals surface area contributed by atoms with E-state index in [1.54, 1.807) is 12.1 Å². The molecule has 0 aliphatic carbocycles. The Labute approximate surface area is 200 Å². The highest BCUT2D eigenvalue weighted by Gasteiger charge is 2.31. The molecular weight excluding hydrogens is 485 g/mol. The van der Waals surface area contributed by atoms with Crippen molar-refractivity contribution < 1.29 is 13.2 Å². The van der Waals surface area contributed by atoms with Crippen LogP contribution in [0.15, 0.2) is 47.3 Å². The molecule has 0 saturated heterocycles. The summed E-state index contributed by atoms with van der Waals surface area (Å²) in [6, 6.07) is 10.9. The number of nitrogens with one attached hydrogen (secondary N) is 1. The summed E-state index contributed by atoms with van der Waals surface area (Å²) in [6.07, 6.45) is -4.55. The molecule has 0 radical (unpaired) electrons. The van der Waals surface area contributed by atoms with Crippen LogP contribution in [0.2, 0.25) is 5.02 Å². The predicted molar refractivity (Wildman–Crippen MR) is 125 cm³/mol. The van der Waals surface area contributed by atoms with E-state index in [4.69, 9.17) is 23.1 Å². The highest BCUT2D eigenvalue weighted by Crippen LogP contribution is 2.30. The second kappa shape index (κ2) is 9.11. The van der Waals surface area contributed by atoms with Gasteiger partial charge in [0.15, 0.2) is 5.82 Å². The average Bonchev–Trinajstić information content (AvgIpc) is 2.78. The number of hydrogen-bond acceptors (Lipinski definition) is 8.